The van der Waals surface area contributed by atoms with Crippen LogP contribution in [0.5, 0.6) is 0 Å². The Morgan fingerprint density at radius 3 is 2.61 bits per heavy atom. The summed E-state index contributed by atoms with van der Waals surface area (Å²) in [7, 11) is 0. The molecule has 0 bridgehead atoms. The number of aromatic nitrogens is 1. The van der Waals surface area contributed by atoms with Crippen LogP contribution in [0.3, 0.4) is 0 Å². The Balaban J connectivity index is 1.67. The van der Waals surface area contributed by atoms with Gasteiger partial charge >= 0.3 is 5.97 Å². The van der Waals surface area contributed by atoms with Gasteiger partial charge in [0, 0.05) is 22.7 Å². The molecule has 2 heterocycles. The van der Waals surface area contributed by atoms with Crippen LogP contribution in [0, 0.1) is 12.7 Å². The third-order valence-electron chi connectivity index (χ3n) is 5.76. The van der Waals surface area contributed by atoms with Crippen LogP contribution in [0.1, 0.15) is 34.5 Å². The van der Waals surface area contributed by atoms with Crippen molar-refractivity contribution < 1.29 is 18.7 Å². The first kappa shape index (κ1) is 20.7. The molecule has 5 aromatic rings. The Morgan fingerprint density at radius 2 is 1.85 bits per heavy atom. The molecule has 6 heteroatoms. The van der Waals surface area contributed by atoms with Crippen LogP contribution >= 0.6 is 0 Å². The molecule has 0 amide bonds. The number of fused-ring (bicyclic) bond motifs is 3. The lowest BCUT2D eigenvalue weighted by Gasteiger charge is -2.18. The Bertz CT molecular complexity index is 1510. The molecule has 5 rings (SSSR count). The van der Waals surface area contributed by atoms with E-state index in [2.05, 4.69) is 10.3 Å². The van der Waals surface area contributed by atoms with Gasteiger partial charge in [-0.3, -0.25) is 4.98 Å². The summed E-state index contributed by atoms with van der Waals surface area (Å²) in [5, 5.41) is 13.5. The summed E-state index contributed by atoms with van der Waals surface area (Å²) in [6, 6.07) is 19.2. The van der Waals surface area contributed by atoms with Crippen molar-refractivity contribution in [1.29, 1.82) is 0 Å². The van der Waals surface area contributed by atoms with Crippen LogP contribution in [0.2, 0.25) is 0 Å². The summed E-state index contributed by atoms with van der Waals surface area (Å²) in [5.41, 5.74) is 6.16. The SMILES string of the molecule is Cc1cc([C@@H](C)Nc2cc(F)ccc2C(=O)O)c2oc3c(-c4ccccc4)ccnc3c2c1. The van der Waals surface area contributed by atoms with Gasteiger partial charge in [-0.05, 0) is 55.3 Å². The molecule has 0 saturated heterocycles. The second-order valence-electron chi connectivity index (χ2n) is 8.10. The van der Waals surface area contributed by atoms with Gasteiger partial charge < -0.3 is 14.8 Å². The molecule has 1 atom stereocenters. The van der Waals surface area contributed by atoms with Crippen LogP contribution in [0.15, 0.2) is 77.3 Å². The number of benzene rings is 3. The lowest BCUT2D eigenvalue weighted by molar-refractivity contribution is 0.0698. The molecular weight excluding hydrogens is 419 g/mol. The van der Waals surface area contributed by atoms with Crippen LogP contribution in [-0.4, -0.2) is 16.1 Å². The van der Waals surface area contributed by atoms with Gasteiger partial charge in [-0.25, -0.2) is 9.18 Å². The van der Waals surface area contributed by atoms with Crippen molar-refractivity contribution in [3.8, 4) is 11.1 Å². The van der Waals surface area contributed by atoms with E-state index in [0.717, 1.165) is 39.2 Å². The minimum atomic E-state index is -1.13. The molecule has 5 nitrogen and oxygen atoms in total. The summed E-state index contributed by atoms with van der Waals surface area (Å²) < 4.78 is 20.3. The molecule has 2 aromatic heterocycles. The number of carboxylic acid groups (broad SMARTS) is 1. The summed E-state index contributed by atoms with van der Waals surface area (Å²) in [5.74, 6) is -1.64. The maximum Gasteiger partial charge on any atom is 0.337 e. The number of nitrogens with zero attached hydrogens (tertiary/aromatic N) is 1. The smallest absolute Gasteiger partial charge is 0.337 e. The highest BCUT2D eigenvalue weighted by Crippen LogP contribution is 2.38. The Hall–Kier alpha value is -4.19. The van der Waals surface area contributed by atoms with Crippen LogP contribution < -0.4 is 5.32 Å². The normalized spacial score (nSPS) is 12.2. The Labute approximate surface area is 189 Å². The maximum absolute atomic E-state index is 13.9. The molecule has 2 N–H and O–H groups in total. The van der Waals surface area contributed by atoms with Gasteiger partial charge in [-0.15, -0.1) is 0 Å². The average molecular weight is 440 g/mol. The van der Waals surface area contributed by atoms with Crippen molar-refractivity contribution in [3.05, 3.63) is 95.4 Å². The van der Waals surface area contributed by atoms with E-state index in [1.807, 2.05) is 62.4 Å². The van der Waals surface area contributed by atoms with Gasteiger partial charge in [0.05, 0.1) is 17.3 Å². The van der Waals surface area contributed by atoms with Gasteiger partial charge in [0.25, 0.3) is 0 Å². The zero-order valence-corrected chi connectivity index (χ0v) is 18.1. The molecule has 0 aliphatic heterocycles. The largest absolute Gasteiger partial charge is 0.478 e. The predicted octanol–water partition coefficient (Wildman–Crippen LogP) is 6.97. The third kappa shape index (κ3) is 3.69. The number of hydrogen-bond donors (Lipinski definition) is 2. The zero-order chi connectivity index (χ0) is 23.1. The fourth-order valence-electron chi connectivity index (χ4n) is 4.24. The van der Waals surface area contributed by atoms with E-state index in [4.69, 9.17) is 4.42 Å². The van der Waals surface area contributed by atoms with E-state index in [9.17, 15) is 14.3 Å². The van der Waals surface area contributed by atoms with E-state index in [1.165, 1.54) is 12.1 Å². The molecule has 0 fully saturated rings. The number of rotatable bonds is 5. The molecule has 33 heavy (non-hydrogen) atoms. The van der Waals surface area contributed by atoms with Crippen molar-refractivity contribution in [2.24, 2.45) is 0 Å². The molecule has 0 spiro atoms. The van der Waals surface area contributed by atoms with Crippen molar-refractivity contribution in [1.82, 2.24) is 4.98 Å². The molecule has 0 unspecified atom stereocenters. The summed E-state index contributed by atoms with van der Waals surface area (Å²) >= 11 is 0. The number of aryl methyl sites for hydroxylation is 1. The maximum atomic E-state index is 13.9. The number of halogens is 1. The first-order valence-corrected chi connectivity index (χ1v) is 10.6. The summed E-state index contributed by atoms with van der Waals surface area (Å²) in [6.45, 7) is 3.88. The van der Waals surface area contributed by atoms with E-state index < -0.39 is 11.8 Å². The number of carbonyl (C=O) groups is 1. The minimum Gasteiger partial charge on any atom is -0.478 e. The molecule has 0 radical (unpaired) electrons. The number of anilines is 1. The highest BCUT2D eigenvalue weighted by Gasteiger charge is 2.21. The fourth-order valence-corrected chi connectivity index (χ4v) is 4.24. The van der Waals surface area contributed by atoms with E-state index in [0.29, 0.717) is 11.2 Å². The monoisotopic (exact) mass is 440 g/mol. The van der Waals surface area contributed by atoms with Gasteiger partial charge in [-0.1, -0.05) is 36.4 Å². The first-order valence-electron chi connectivity index (χ1n) is 10.6. The molecular formula is C27H21FN2O3. The minimum absolute atomic E-state index is 0.00443. The fraction of sp³-hybridized carbons (Fsp3) is 0.111. The number of carboxylic acids is 1. The first-order chi connectivity index (χ1) is 15.9. The van der Waals surface area contributed by atoms with E-state index in [1.54, 1.807) is 6.20 Å². The molecule has 0 aliphatic carbocycles. The second kappa shape index (κ2) is 8.06. The number of nitrogens with one attached hydrogen (secondary N) is 1. The van der Waals surface area contributed by atoms with Gasteiger partial charge in [0.1, 0.15) is 16.9 Å². The molecule has 0 aliphatic rings. The van der Waals surface area contributed by atoms with E-state index in [-0.39, 0.29) is 17.3 Å². The highest BCUT2D eigenvalue weighted by molar-refractivity contribution is 6.08. The van der Waals surface area contributed by atoms with Crippen molar-refractivity contribution in [2.75, 3.05) is 5.32 Å². The van der Waals surface area contributed by atoms with Crippen LogP contribution in [0.4, 0.5) is 10.1 Å². The van der Waals surface area contributed by atoms with Gasteiger partial charge in [0.15, 0.2) is 5.58 Å². The van der Waals surface area contributed by atoms with Gasteiger partial charge in [0.2, 0.25) is 0 Å². The second-order valence-corrected chi connectivity index (χ2v) is 8.10. The standard InChI is InChI=1S/C27H21FN2O3/c1-15-12-21(16(2)30-23-14-18(28)8-9-20(23)27(31)32)25-22(13-15)24-26(33-25)19(10-11-29-24)17-6-4-3-5-7-17/h3-14,16,30H,1-2H3,(H,31,32)/t16-/m1/s1. The summed E-state index contributed by atoms with van der Waals surface area (Å²) in [4.78, 5) is 16.2. The quantitative estimate of drug-likeness (QED) is 0.309. The number of hydrogen-bond acceptors (Lipinski definition) is 4. The number of pyridine rings is 1. The van der Waals surface area contributed by atoms with Crippen LogP contribution in [-0.2, 0) is 0 Å². The van der Waals surface area contributed by atoms with Crippen molar-refractivity contribution >= 4 is 33.7 Å². The van der Waals surface area contributed by atoms with Crippen molar-refractivity contribution in [2.45, 2.75) is 19.9 Å². The van der Waals surface area contributed by atoms with E-state index >= 15 is 0 Å². The topological polar surface area (TPSA) is 75.4 Å². The van der Waals surface area contributed by atoms with Gasteiger partial charge in [-0.2, -0.15) is 0 Å². The average Bonchev–Trinajstić information content (AvgIpc) is 3.17. The number of furan rings is 1. The Morgan fingerprint density at radius 1 is 1.06 bits per heavy atom. The third-order valence-corrected chi connectivity index (χ3v) is 5.76. The predicted molar refractivity (Wildman–Crippen MR) is 127 cm³/mol. The lowest BCUT2D eigenvalue weighted by atomic mass is 10.0. The summed E-state index contributed by atoms with van der Waals surface area (Å²) in [6.07, 6.45) is 1.77. The van der Waals surface area contributed by atoms with Crippen molar-refractivity contribution in [3.63, 3.8) is 0 Å². The lowest BCUT2D eigenvalue weighted by Crippen LogP contribution is -2.11. The van der Waals surface area contributed by atoms with Crippen LogP contribution in [0.25, 0.3) is 33.2 Å². The highest BCUT2D eigenvalue weighted by atomic mass is 19.1. The number of aromatic carboxylic acids is 1. The zero-order valence-electron chi connectivity index (χ0n) is 18.1. The Kier molecular flexibility index (Phi) is 5.05. The molecule has 164 valence electrons. The molecule has 3 aromatic carbocycles. The molecule has 0 saturated carbocycles.